The monoisotopic (exact) mass is 1160 g/mol. The molecule has 0 unspecified atom stereocenters. The Morgan fingerprint density at radius 2 is 0.637 bits per heavy atom. The van der Waals surface area contributed by atoms with Crippen molar-refractivity contribution in [1.82, 2.24) is 0 Å². The topological polar surface area (TPSA) is 6.48 Å². The van der Waals surface area contributed by atoms with Crippen LogP contribution in [0.3, 0.4) is 0 Å². The number of nitrogens with zero attached hydrogens (tertiary/aromatic N) is 2. The molecule has 3 heteroatoms. The second-order valence-electron chi connectivity index (χ2n) is 25.5. The molecule has 0 saturated heterocycles. The van der Waals surface area contributed by atoms with E-state index in [9.17, 15) is 0 Å². The molecule has 0 aromatic heterocycles. The summed E-state index contributed by atoms with van der Waals surface area (Å²) in [4.78, 5) is 5.36. The van der Waals surface area contributed by atoms with Crippen LogP contribution < -0.4 is 26.2 Å². The van der Waals surface area contributed by atoms with Gasteiger partial charge in [-0.3, -0.25) is 0 Å². The molecule has 428 valence electrons. The molecule has 2 aliphatic heterocycles. The summed E-state index contributed by atoms with van der Waals surface area (Å²) in [6.45, 7) is 6.95. The normalized spacial score (nSPS) is 12.5. The zero-order chi connectivity index (χ0) is 60.7. The van der Waals surface area contributed by atoms with Crippen LogP contribution in [0.2, 0.25) is 0 Å². The Morgan fingerprint density at radius 1 is 0.253 bits per heavy atom. The molecular formula is C88H63BN2. The SMILES string of the molecule is CC(C)(C)c1cc2c3c(c1)N(c1c(-c4ccccc4)cccc1-c1ccccc1)c1cc(-c4c5ccccc5c(-c5ccc6ccccc6c5)c5ccccc45)ccc1B3c1cc(-c3ccccc3)ccc1N2c1c(-c2ccccc2)cccc1-c1ccccc1. The van der Waals surface area contributed by atoms with Gasteiger partial charge in [0.2, 0.25) is 0 Å². The van der Waals surface area contributed by atoms with Gasteiger partial charge in [-0.2, -0.15) is 0 Å². The first kappa shape index (κ1) is 53.9. The van der Waals surface area contributed by atoms with Crippen molar-refractivity contribution in [2.45, 2.75) is 26.2 Å². The fourth-order valence-corrected chi connectivity index (χ4v) is 14.9. The quantitative estimate of drug-likeness (QED) is 0.105. The number of para-hydroxylation sites is 2. The predicted octanol–water partition coefficient (Wildman–Crippen LogP) is 22.2. The summed E-state index contributed by atoms with van der Waals surface area (Å²) >= 11 is 0. The van der Waals surface area contributed by atoms with Gasteiger partial charge in [0.1, 0.15) is 0 Å². The van der Waals surface area contributed by atoms with Gasteiger partial charge in [-0.1, -0.05) is 318 Å². The molecule has 0 aliphatic carbocycles. The van der Waals surface area contributed by atoms with Crippen LogP contribution >= 0.6 is 0 Å². The number of anilines is 6. The molecule has 15 aromatic carbocycles. The van der Waals surface area contributed by atoms with Crippen LogP contribution in [0.4, 0.5) is 34.1 Å². The van der Waals surface area contributed by atoms with E-state index in [1.807, 2.05) is 0 Å². The van der Waals surface area contributed by atoms with Crippen molar-refractivity contribution in [3.05, 3.63) is 333 Å². The highest BCUT2D eigenvalue weighted by Gasteiger charge is 2.46. The largest absolute Gasteiger partial charge is 0.310 e. The van der Waals surface area contributed by atoms with E-state index in [0.29, 0.717) is 0 Å². The van der Waals surface area contributed by atoms with Gasteiger partial charge in [-0.05, 0) is 146 Å². The lowest BCUT2D eigenvalue weighted by Crippen LogP contribution is -2.61. The highest BCUT2D eigenvalue weighted by molar-refractivity contribution is 7.00. The van der Waals surface area contributed by atoms with Gasteiger partial charge in [0.05, 0.1) is 11.4 Å². The Balaban J connectivity index is 1.03. The van der Waals surface area contributed by atoms with Crippen molar-refractivity contribution in [2.75, 3.05) is 9.80 Å². The van der Waals surface area contributed by atoms with Gasteiger partial charge in [0.15, 0.2) is 0 Å². The van der Waals surface area contributed by atoms with Gasteiger partial charge in [-0.25, -0.2) is 0 Å². The lowest BCUT2D eigenvalue weighted by atomic mass is 9.33. The van der Waals surface area contributed by atoms with Crippen LogP contribution in [-0.4, -0.2) is 6.71 Å². The van der Waals surface area contributed by atoms with Gasteiger partial charge < -0.3 is 9.80 Å². The Morgan fingerprint density at radius 3 is 1.10 bits per heavy atom. The van der Waals surface area contributed by atoms with Crippen molar-refractivity contribution >= 4 is 89.5 Å². The van der Waals surface area contributed by atoms with Gasteiger partial charge in [-0.15, -0.1) is 0 Å². The van der Waals surface area contributed by atoms with Crippen molar-refractivity contribution in [3.63, 3.8) is 0 Å². The van der Waals surface area contributed by atoms with E-state index in [-0.39, 0.29) is 12.1 Å². The first-order valence-corrected chi connectivity index (χ1v) is 31.8. The van der Waals surface area contributed by atoms with Crippen LogP contribution in [0.1, 0.15) is 26.3 Å². The maximum absolute atomic E-state index is 2.70. The van der Waals surface area contributed by atoms with E-state index in [1.54, 1.807) is 0 Å². The summed E-state index contributed by atoms with van der Waals surface area (Å²) in [5.74, 6) is 0. The van der Waals surface area contributed by atoms with E-state index < -0.39 is 0 Å². The zero-order valence-corrected chi connectivity index (χ0v) is 51.1. The molecule has 0 saturated carbocycles. The fraction of sp³-hybridized carbons (Fsp3) is 0.0455. The summed E-state index contributed by atoms with van der Waals surface area (Å²) in [6, 6.07) is 123. The highest BCUT2D eigenvalue weighted by Crippen LogP contribution is 2.55. The summed E-state index contributed by atoms with van der Waals surface area (Å²) in [5, 5.41) is 7.37. The third-order valence-corrected chi connectivity index (χ3v) is 19.2. The third-order valence-electron chi connectivity index (χ3n) is 19.2. The van der Waals surface area contributed by atoms with Crippen molar-refractivity contribution in [2.24, 2.45) is 0 Å². The van der Waals surface area contributed by atoms with Crippen molar-refractivity contribution in [1.29, 1.82) is 0 Å². The van der Waals surface area contributed by atoms with Crippen LogP contribution in [0.15, 0.2) is 328 Å². The maximum Gasteiger partial charge on any atom is 0.252 e. The summed E-state index contributed by atoms with van der Waals surface area (Å²) < 4.78 is 0. The van der Waals surface area contributed by atoms with E-state index in [4.69, 9.17) is 0 Å². The molecule has 0 atom stereocenters. The average Bonchev–Trinajstić information content (AvgIpc) is 0.697. The summed E-state index contributed by atoms with van der Waals surface area (Å²) in [7, 11) is 0. The molecule has 17 rings (SSSR count). The second-order valence-corrected chi connectivity index (χ2v) is 25.5. The summed E-state index contributed by atoms with van der Waals surface area (Å²) in [5.41, 5.74) is 28.2. The van der Waals surface area contributed by atoms with Crippen molar-refractivity contribution < 1.29 is 0 Å². The fourth-order valence-electron chi connectivity index (χ4n) is 14.9. The second kappa shape index (κ2) is 21.8. The zero-order valence-electron chi connectivity index (χ0n) is 51.1. The molecular weight excluding hydrogens is 1100 g/mol. The molecule has 0 bridgehead atoms. The number of hydrogen-bond acceptors (Lipinski definition) is 2. The van der Waals surface area contributed by atoms with E-state index in [1.165, 1.54) is 93.5 Å². The first-order valence-electron chi connectivity index (χ1n) is 31.8. The standard InChI is InChI=1S/C88H63BN2/c1-88(2,3)68-56-81-85-82(57-68)91(87-71(62-34-15-7-16-35-62)45-26-46-72(87)63-36-17-8-18-37-63)80-55-67(84-75-41-23-21-39-73(75)83(74-40-22-24-42-76(74)84)66-48-47-59-29-19-20-38-64(59)53-66)49-51-77(80)89(85)78-54-65(58-27-9-4-10-28-58)50-52-79(78)90(81)86-69(60-30-11-5-12-31-60)43-25-44-70(86)61-32-13-6-14-33-61/h4-57H,1-3H3. The number of benzene rings is 15. The van der Waals surface area contributed by atoms with Gasteiger partial charge in [0, 0.05) is 45.0 Å². The van der Waals surface area contributed by atoms with E-state index in [0.717, 1.165) is 72.8 Å². The number of hydrogen-bond donors (Lipinski definition) is 0. The first-order chi connectivity index (χ1) is 44.8. The van der Waals surface area contributed by atoms with Gasteiger partial charge in [0.25, 0.3) is 6.71 Å². The minimum atomic E-state index is -0.273. The predicted molar refractivity (Wildman–Crippen MR) is 390 cm³/mol. The molecule has 0 amide bonds. The summed E-state index contributed by atoms with van der Waals surface area (Å²) in [6.07, 6.45) is 0. The molecule has 15 aromatic rings. The van der Waals surface area contributed by atoms with E-state index >= 15 is 0 Å². The van der Waals surface area contributed by atoms with Gasteiger partial charge >= 0.3 is 0 Å². The Kier molecular flexibility index (Phi) is 12.9. The van der Waals surface area contributed by atoms with Crippen LogP contribution in [0, 0.1) is 0 Å². The van der Waals surface area contributed by atoms with Crippen molar-refractivity contribution in [3.8, 4) is 77.9 Å². The Hall–Kier alpha value is -11.3. The third kappa shape index (κ3) is 9.02. The van der Waals surface area contributed by atoms with Crippen LogP contribution in [0.25, 0.3) is 110 Å². The molecule has 0 spiro atoms. The van der Waals surface area contributed by atoms with Crippen LogP contribution in [0.5, 0.6) is 0 Å². The number of fused-ring (bicyclic) bond motifs is 7. The highest BCUT2D eigenvalue weighted by atomic mass is 15.2. The minimum Gasteiger partial charge on any atom is -0.310 e. The molecule has 2 nitrogen and oxygen atoms in total. The van der Waals surface area contributed by atoms with Crippen LogP contribution in [-0.2, 0) is 5.41 Å². The molecule has 91 heavy (non-hydrogen) atoms. The molecule has 2 aliphatic rings. The molecule has 0 radical (unpaired) electrons. The molecule has 0 N–H and O–H groups in total. The smallest absolute Gasteiger partial charge is 0.252 e. The minimum absolute atomic E-state index is 0.189. The molecule has 0 fully saturated rings. The Bertz CT molecular complexity index is 5150. The average molecular weight is 1160 g/mol. The lowest BCUT2D eigenvalue weighted by molar-refractivity contribution is 0.590. The number of rotatable bonds is 9. The Labute approximate surface area is 533 Å². The lowest BCUT2D eigenvalue weighted by Gasteiger charge is -2.46. The van der Waals surface area contributed by atoms with E-state index in [2.05, 4.69) is 358 Å². The maximum atomic E-state index is 2.70. The molecule has 2 heterocycles.